The van der Waals surface area contributed by atoms with E-state index in [1.54, 1.807) is 6.20 Å². The van der Waals surface area contributed by atoms with Crippen LogP contribution in [-0.2, 0) is 13.6 Å². The highest BCUT2D eigenvalue weighted by Crippen LogP contribution is 2.20. The SMILES string of the molecule is CC(CCO)CNCc1cn(C)nc1-c1cccnc1. The Labute approximate surface area is 119 Å². The lowest BCUT2D eigenvalue weighted by atomic mass is 10.1. The molecular weight excluding hydrogens is 252 g/mol. The Hall–Kier alpha value is -1.72. The maximum Gasteiger partial charge on any atom is 0.0983 e. The third-order valence-electron chi connectivity index (χ3n) is 3.27. The molecule has 0 aliphatic heterocycles. The summed E-state index contributed by atoms with van der Waals surface area (Å²) in [5.74, 6) is 0.471. The van der Waals surface area contributed by atoms with E-state index in [-0.39, 0.29) is 6.61 Å². The molecule has 0 radical (unpaired) electrons. The summed E-state index contributed by atoms with van der Waals surface area (Å²) < 4.78 is 1.83. The van der Waals surface area contributed by atoms with Crippen molar-refractivity contribution < 1.29 is 5.11 Å². The molecule has 2 N–H and O–H groups in total. The molecule has 0 saturated carbocycles. The minimum atomic E-state index is 0.247. The van der Waals surface area contributed by atoms with Crippen molar-refractivity contribution in [1.82, 2.24) is 20.1 Å². The normalized spacial score (nSPS) is 12.6. The summed E-state index contributed by atoms with van der Waals surface area (Å²) in [7, 11) is 1.93. The standard InChI is InChI=1S/C15H22N4O/c1-12(5-7-20)8-17-10-14-11-19(2)18-15(14)13-4-3-6-16-9-13/h3-4,6,9,11-12,17,20H,5,7-8,10H2,1-2H3. The Kier molecular flexibility index (Phi) is 5.26. The molecule has 1 atom stereocenters. The first-order chi connectivity index (χ1) is 9.70. The summed E-state index contributed by atoms with van der Waals surface area (Å²) in [6, 6.07) is 3.94. The van der Waals surface area contributed by atoms with Crippen LogP contribution in [-0.4, -0.2) is 33.0 Å². The third kappa shape index (κ3) is 3.88. The fourth-order valence-corrected chi connectivity index (χ4v) is 2.19. The maximum absolute atomic E-state index is 8.90. The lowest BCUT2D eigenvalue weighted by Crippen LogP contribution is -2.21. The summed E-state index contributed by atoms with van der Waals surface area (Å²) in [6.07, 6.45) is 6.46. The van der Waals surface area contributed by atoms with Gasteiger partial charge in [-0.3, -0.25) is 9.67 Å². The van der Waals surface area contributed by atoms with E-state index in [9.17, 15) is 0 Å². The number of aliphatic hydroxyl groups is 1. The van der Waals surface area contributed by atoms with Crippen LogP contribution in [0.1, 0.15) is 18.9 Å². The molecule has 2 rings (SSSR count). The summed E-state index contributed by atoms with van der Waals surface area (Å²) >= 11 is 0. The van der Waals surface area contributed by atoms with Crippen molar-refractivity contribution in [2.24, 2.45) is 13.0 Å². The number of aromatic nitrogens is 3. The molecule has 0 aliphatic carbocycles. The molecule has 2 aromatic rings. The molecule has 0 saturated heterocycles. The van der Waals surface area contributed by atoms with Gasteiger partial charge in [-0.15, -0.1) is 0 Å². The minimum absolute atomic E-state index is 0.247. The molecule has 2 heterocycles. The molecule has 1 unspecified atom stereocenters. The molecule has 2 aromatic heterocycles. The van der Waals surface area contributed by atoms with Gasteiger partial charge in [-0.25, -0.2) is 0 Å². The number of nitrogens with one attached hydrogen (secondary N) is 1. The molecule has 0 aliphatic rings. The first-order valence-corrected chi connectivity index (χ1v) is 6.95. The van der Waals surface area contributed by atoms with Crippen molar-refractivity contribution in [1.29, 1.82) is 0 Å². The van der Waals surface area contributed by atoms with Crippen molar-refractivity contribution in [3.63, 3.8) is 0 Å². The predicted octanol–water partition coefficient (Wildman–Crippen LogP) is 1.59. The van der Waals surface area contributed by atoms with Crippen LogP contribution >= 0.6 is 0 Å². The number of rotatable bonds is 7. The number of aliphatic hydroxyl groups excluding tert-OH is 1. The molecule has 0 aromatic carbocycles. The van der Waals surface area contributed by atoms with Gasteiger partial charge in [0, 0.05) is 49.9 Å². The van der Waals surface area contributed by atoms with E-state index >= 15 is 0 Å². The van der Waals surface area contributed by atoms with Gasteiger partial charge in [-0.2, -0.15) is 5.10 Å². The van der Waals surface area contributed by atoms with Crippen molar-refractivity contribution >= 4 is 0 Å². The summed E-state index contributed by atoms with van der Waals surface area (Å²) in [4.78, 5) is 4.15. The quantitative estimate of drug-likeness (QED) is 0.805. The van der Waals surface area contributed by atoms with Gasteiger partial charge >= 0.3 is 0 Å². The van der Waals surface area contributed by atoms with Gasteiger partial charge in [-0.05, 0) is 31.0 Å². The van der Waals surface area contributed by atoms with Crippen LogP contribution in [0.4, 0.5) is 0 Å². The monoisotopic (exact) mass is 274 g/mol. The lowest BCUT2D eigenvalue weighted by molar-refractivity contribution is 0.260. The van der Waals surface area contributed by atoms with E-state index in [1.165, 1.54) is 0 Å². The highest BCUT2D eigenvalue weighted by molar-refractivity contribution is 5.61. The van der Waals surface area contributed by atoms with E-state index in [1.807, 2.05) is 36.3 Å². The van der Waals surface area contributed by atoms with Gasteiger partial charge in [0.15, 0.2) is 0 Å². The minimum Gasteiger partial charge on any atom is -0.396 e. The average molecular weight is 274 g/mol. The van der Waals surface area contributed by atoms with Gasteiger partial charge in [0.25, 0.3) is 0 Å². The molecule has 0 amide bonds. The van der Waals surface area contributed by atoms with Gasteiger partial charge < -0.3 is 10.4 Å². The van der Waals surface area contributed by atoms with Gasteiger partial charge in [0.2, 0.25) is 0 Å². The summed E-state index contributed by atoms with van der Waals surface area (Å²) in [5.41, 5.74) is 3.17. The Morgan fingerprint density at radius 3 is 3.00 bits per heavy atom. The number of hydrogen-bond donors (Lipinski definition) is 2. The van der Waals surface area contributed by atoms with Crippen LogP contribution in [0.5, 0.6) is 0 Å². The molecule has 0 fully saturated rings. The van der Waals surface area contributed by atoms with E-state index in [4.69, 9.17) is 5.11 Å². The van der Waals surface area contributed by atoms with Crippen molar-refractivity contribution in [2.75, 3.05) is 13.2 Å². The van der Waals surface area contributed by atoms with E-state index in [0.29, 0.717) is 5.92 Å². The second kappa shape index (κ2) is 7.17. The third-order valence-corrected chi connectivity index (χ3v) is 3.27. The first-order valence-electron chi connectivity index (χ1n) is 6.95. The van der Waals surface area contributed by atoms with Gasteiger partial charge in [0.05, 0.1) is 5.69 Å². The predicted molar refractivity (Wildman–Crippen MR) is 79.0 cm³/mol. The molecule has 0 spiro atoms. The number of hydrogen-bond acceptors (Lipinski definition) is 4. The highest BCUT2D eigenvalue weighted by atomic mass is 16.3. The summed E-state index contributed by atoms with van der Waals surface area (Å²) in [6.45, 7) is 4.04. The molecule has 108 valence electrons. The number of aryl methyl sites for hydroxylation is 1. The van der Waals surface area contributed by atoms with E-state index in [0.717, 1.165) is 36.3 Å². The topological polar surface area (TPSA) is 63.0 Å². The average Bonchev–Trinajstić information content (AvgIpc) is 2.81. The zero-order chi connectivity index (χ0) is 14.4. The Bertz CT molecular complexity index is 524. The van der Waals surface area contributed by atoms with Crippen LogP contribution in [0.3, 0.4) is 0 Å². The Balaban J connectivity index is 2.02. The number of pyridine rings is 1. The van der Waals surface area contributed by atoms with Crippen LogP contribution in [0.25, 0.3) is 11.3 Å². The van der Waals surface area contributed by atoms with Crippen LogP contribution in [0, 0.1) is 5.92 Å². The molecule has 5 heteroatoms. The fraction of sp³-hybridized carbons (Fsp3) is 0.467. The van der Waals surface area contributed by atoms with Crippen molar-refractivity contribution in [3.8, 4) is 11.3 Å². The Morgan fingerprint density at radius 1 is 1.45 bits per heavy atom. The smallest absolute Gasteiger partial charge is 0.0983 e. The highest BCUT2D eigenvalue weighted by Gasteiger charge is 2.10. The molecular formula is C15H22N4O. The molecule has 5 nitrogen and oxygen atoms in total. The maximum atomic E-state index is 8.90. The Morgan fingerprint density at radius 2 is 2.30 bits per heavy atom. The van der Waals surface area contributed by atoms with Crippen LogP contribution < -0.4 is 5.32 Å². The number of nitrogens with zero attached hydrogens (tertiary/aromatic N) is 3. The van der Waals surface area contributed by atoms with Gasteiger partial charge in [0.1, 0.15) is 0 Å². The van der Waals surface area contributed by atoms with Gasteiger partial charge in [-0.1, -0.05) is 6.92 Å². The van der Waals surface area contributed by atoms with Crippen molar-refractivity contribution in [3.05, 3.63) is 36.3 Å². The van der Waals surface area contributed by atoms with E-state index < -0.39 is 0 Å². The van der Waals surface area contributed by atoms with Crippen LogP contribution in [0.2, 0.25) is 0 Å². The van der Waals surface area contributed by atoms with E-state index in [2.05, 4.69) is 22.3 Å². The lowest BCUT2D eigenvalue weighted by Gasteiger charge is -2.10. The van der Waals surface area contributed by atoms with Crippen LogP contribution in [0.15, 0.2) is 30.7 Å². The first kappa shape index (κ1) is 14.7. The molecule has 20 heavy (non-hydrogen) atoms. The summed E-state index contributed by atoms with van der Waals surface area (Å²) in [5, 5.41) is 16.8. The molecule has 0 bridgehead atoms. The zero-order valence-corrected chi connectivity index (χ0v) is 12.1. The fourth-order valence-electron chi connectivity index (χ4n) is 2.19. The second-order valence-corrected chi connectivity index (χ2v) is 5.17. The van der Waals surface area contributed by atoms with Crippen molar-refractivity contribution in [2.45, 2.75) is 19.9 Å². The second-order valence-electron chi connectivity index (χ2n) is 5.17. The zero-order valence-electron chi connectivity index (χ0n) is 12.1. The largest absolute Gasteiger partial charge is 0.396 e.